The van der Waals surface area contributed by atoms with Crippen molar-refractivity contribution in [2.75, 3.05) is 20.8 Å². The molecule has 0 radical (unpaired) electrons. The van der Waals surface area contributed by atoms with Crippen molar-refractivity contribution in [3.05, 3.63) is 23.9 Å². The zero-order chi connectivity index (χ0) is 14.5. The molecule has 1 heterocycles. The minimum Gasteiger partial charge on any atom is -0.493 e. The lowest BCUT2D eigenvalue weighted by atomic mass is 10.1. The molecule has 0 amide bonds. The standard InChI is InChI=1S/C13H15N3O4/c1-4-20-13(17)11-10(14-16-15-11)8-6-5-7-9(18-2)12(8)19-3/h5-7H,4H2,1-3H3,(H,14,15,16). The van der Waals surface area contributed by atoms with Gasteiger partial charge < -0.3 is 14.2 Å². The average Bonchev–Trinajstić information content (AvgIpc) is 2.95. The minimum absolute atomic E-state index is 0.110. The van der Waals surface area contributed by atoms with Crippen LogP contribution >= 0.6 is 0 Å². The smallest absolute Gasteiger partial charge is 0.361 e. The third-order valence-electron chi connectivity index (χ3n) is 2.67. The molecule has 1 aromatic carbocycles. The van der Waals surface area contributed by atoms with Crippen molar-refractivity contribution >= 4 is 5.97 Å². The van der Waals surface area contributed by atoms with Crippen molar-refractivity contribution in [1.82, 2.24) is 15.4 Å². The molecule has 2 aromatic rings. The number of nitrogens with one attached hydrogen (secondary N) is 1. The summed E-state index contributed by atoms with van der Waals surface area (Å²) >= 11 is 0. The first-order valence-electron chi connectivity index (χ1n) is 6.02. The van der Waals surface area contributed by atoms with Crippen molar-refractivity contribution in [3.63, 3.8) is 0 Å². The summed E-state index contributed by atoms with van der Waals surface area (Å²) in [4.78, 5) is 11.8. The molecule has 0 saturated carbocycles. The maximum absolute atomic E-state index is 11.8. The van der Waals surface area contributed by atoms with Gasteiger partial charge in [-0.25, -0.2) is 4.79 Å². The van der Waals surface area contributed by atoms with Gasteiger partial charge in [0, 0.05) is 0 Å². The van der Waals surface area contributed by atoms with E-state index in [-0.39, 0.29) is 12.3 Å². The SMILES string of the molecule is CCOC(=O)c1n[nH]nc1-c1cccc(OC)c1OC. The van der Waals surface area contributed by atoms with Crippen molar-refractivity contribution in [1.29, 1.82) is 0 Å². The second-order valence-corrected chi connectivity index (χ2v) is 3.78. The highest BCUT2D eigenvalue weighted by Gasteiger charge is 2.23. The summed E-state index contributed by atoms with van der Waals surface area (Å²) < 4.78 is 15.5. The molecule has 0 unspecified atom stereocenters. The Kier molecular flexibility index (Phi) is 4.19. The summed E-state index contributed by atoms with van der Waals surface area (Å²) in [7, 11) is 3.06. The van der Waals surface area contributed by atoms with E-state index in [4.69, 9.17) is 14.2 Å². The van der Waals surface area contributed by atoms with Gasteiger partial charge in [0.2, 0.25) is 0 Å². The van der Waals surface area contributed by atoms with Crippen molar-refractivity contribution < 1.29 is 19.0 Å². The van der Waals surface area contributed by atoms with Crippen LogP contribution in [0.2, 0.25) is 0 Å². The van der Waals surface area contributed by atoms with Crippen LogP contribution in [0.1, 0.15) is 17.4 Å². The van der Waals surface area contributed by atoms with Gasteiger partial charge in [0.1, 0.15) is 5.69 Å². The first-order valence-corrected chi connectivity index (χ1v) is 6.02. The van der Waals surface area contributed by atoms with Crippen LogP contribution < -0.4 is 9.47 Å². The molecule has 7 nitrogen and oxygen atoms in total. The number of para-hydroxylation sites is 1. The summed E-state index contributed by atoms with van der Waals surface area (Å²) in [5, 5.41) is 10.3. The first kappa shape index (κ1) is 13.9. The number of H-pyrrole nitrogens is 1. The number of methoxy groups -OCH3 is 2. The Labute approximate surface area is 115 Å². The van der Waals surface area contributed by atoms with Crippen LogP contribution in [0, 0.1) is 0 Å². The van der Waals surface area contributed by atoms with Gasteiger partial charge in [0.25, 0.3) is 0 Å². The second kappa shape index (κ2) is 6.05. The third-order valence-corrected chi connectivity index (χ3v) is 2.67. The Morgan fingerprint density at radius 1 is 1.25 bits per heavy atom. The van der Waals surface area contributed by atoms with Gasteiger partial charge >= 0.3 is 5.97 Å². The molecule has 0 atom stereocenters. The Hall–Kier alpha value is -2.57. The normalized spacial score (nSPS) is 10.2. The fourth-order valence-corrected chi connectivity index (χ4v) is 1.83. The monoisotopic (exact) mass is 277 g/mol. The van der Waals surface area contributed by atoms with Crippen LogP contribution in [-0.2, 0) is 4.74 Å². The second-order valence-electron chi connectivity index (χ2n) is 3.78. The number of rotatable bonds is 5. The van der Waals surface area contributed by atoms with E-state index in [9.17, 15) is 4.79 Å². The van der Waals surface area contributed by atoms with E-state index in [0.29, 0.717) is 22.8 Å². The molecule has 20 heavy (non-hydrogen) atoms. The number of nitrogens with zero attached hydrogens (tertiary/aromatic N) is 2. The number of aromatic amines is 1. The Morgan fingerprint density at radius 3 is 2.70 bits per heavy atom. The predicted octanol–water partition coefficient (Wildman–Crippen LogP) is 1.67. The molecule has 7 heteroatoms. The molecule has 0 aliphatic rings. The lowest BCUT2D eigenvalue weighted by molar-refractivity contribution is 0.0520. The fourth-order valence-electron chi connectivity index (χ4n) is 1.83. The summed E-state index contributed by atoms with van der Waals surface area (Å²) in [5.41, 5.74) is 1.07. The van der Waals surface area contributed by atoms with Crippen LogP contribution in [0.5, 0.6) is 11.5 Å². The molecule has 0 fully saturated rings. The van der Waals surface area contributed by atoms with E-state index in [1.54, 1.807) is 25.1 Å². The first-order chi connectivity index (χ1) is 9.72. The van der Waals surface area contributed by atoms with Crippen LogP contribution in [0.4, 0.5) is 0 Å². The highest BCUT2D eigenvalue weighted by atomic mass is 16.5. The largest absolute Gasteiger partial charge is 0.493 e. The Bertz CT molecular complexity index is 609. The van der Waals surface area contributed by atoms with Crippen molar-refractivity contribution in [2.24, 2.45) is 0 Å². The average molecular weight is 277 g/mol. The molecule has 0 saturated heterocycles. The van der Waals surface area contributed by atoms with E-state index in [0.717, 1.165) is 0 Å². The van der Waals surface area contributed by atoms with Crippen molar-refractivity contribution in [2.45, 2.75) is 6.92 Å². The van der Waals surface area contributed by atoms with Gasteiger partial charge in [-0.15, -0.1) is 5.10 Å². The number of ether oxygens (including phenoxy) is 3. The lowest BCUT2D eigenvalue weighted by Gasteiger charge is -2.11. The van der Waals surface area contributed by atoms with Gasteiger partial charge in [-0.2, -0.15) is 10.3 Å². The van der Waals surface area contributed by atoms with Gasteiger partial charge in [0.05, 0.1) is 26.4 Å². The van der Waals surface area contributed by atoms with Gasteiger partial charge in [-0.3, -0.25) is 0 Å². The van der Waals surface area contributed by atoms with Gasteiger partial charge in [0.15, 0.2) is 17.2 Å². The minimum atomic E-state index is -0.541. The summed E-state index contributed by atoms with van der Waals surface area (Å²) in [5.74, 6) is 0.485. The predicted molar refractivity (Wildman–Crippen MR) is 70.9 cm³/mol. The molecule has 0 aliphatic carbocycles. The van der Waals surface area contributed by atoms with E-state index in [1.807, 2.05) is 0 Å². The van der Waals surface area contributed by atoms with Gasteiger partial charge in [-0.05, 0) is 19.1 Å². The number of hydrogen-bond donors (Lipinski definition) is 1. The molecule has 1 N–H and O–H groups in total. The van der Waals surface area contributed by atoms with Crippen LogP contribution in [0.25, 0.3) is 11.3 Å². The summed E-state index contributed by atoms with van der Waals surface area (Å²) in [6.07, 6.45) is 0. The summed E-state index contributed by atoms with van der Waals surface area (Å²) in [6.45, 7) is 1.99. The van der Waals surface area contributed by atoms with Crippen molar-refractivity contribution in [3.8, 4) is 22.8 Å². The third kappa shape index (κ3) is 2.42. The molecule has 2 rings (SSSR count). The quantitative estimate of drug-likeness (QED) is 0.836. The highest BCUT2D eigenvalue weighted by molar-refractivity contribution is 5.95. The maximum atomic E-state index is 11.8. The summed E-state index contributed by atoms with van der Waals surface area (Å²) in [6, 6.07) is 5.30. The molecular formula is C13H15N3O4. The zero-order valence-electron chi connectivity index (χ0n) is 11.5. The highest BCUT2D eigenvalue weighted by Crippen LogP contribution is 2.37. The number of carbonyl (C=O) groups excluding carboxylic acids is 1. The number of hydrogen-bond acceptors (Lipinski definition) is 6. The Morgan fingerprint density at radius 2 is 2.05 bits per heavy atom. The molecule has 0 spiro atoms. The van der Waals surface area contributed by atoms with Crippen LogP contribution in [-0.4, -0.2) is 42.2 Å². The molecular weight excluding hydrogens is 262 g/mol. The van der Waals surface area contributed by atoms with Gasteiger partial charge in [-0.1, -0.05) is 6.07 Å². The molecule has 0 aliphatic heterocycles. The topological polar surface area (TPSA) is 86.3 Å². The van der Waals surface area contributed by atoms with E-state index >= 15 is 0 Å². The number of aromatic nitrogens is 3. The number of esters is 1. The fraction of sp³-hybridized carbons (Fsp3) is 0.308. The zero-order valence-corrected chi connectivity index (χ0v) is 11.5. The lowest BCUT2D eigenvalue weighted by Crippen LogP contribution is -2.07. The van der Waals surface area contributed by atoms with E-state index in [2.05, 4.69) is 15.4 Å². The Balaban J connectivity index is 2.52. The van der Waals surface area contributed by atoms with Crippen LogP contribution in [0.3, 0.4) is 0 Å². The van der Waals surface area contributed by atoms with Crippen LogP contribution in [0.15, 0.2) is 18.2 Å². The van der Waals surface area contributed by atoms with E-state index < -0.39 is 5.97 Å². The number of carbonyl (C=O) groups is 1. The van der Waals surface area contributed by atoms with E-state index in [1.165, 1.54) is 14.2 Å². The molecule has 106 valence electrons. The maximum Gasteiger partial charge on any atom is 0.361 e. The molecule has 0 bridgehead atoms. The molecule has 1 aromatic heterocycles. The number of benzene rings is 1.